The van der Waals surface area contributed by atoms with Crippen molar-refractivity contribution in [2.45, 2.75) is 12.5 Å². The van der Waals surface area contributed by atoms with Crippen molar-refractivity contribution in [1.29, 1.82) is 0 Å². The molecule has 0 heterocycles. The second kappa shape index (κ2) is 6.85. The highest BCUT2D eigenvalue weighted by atomic mass is 19.1. The average molecular weight is 289 g/mol. The van der Waals surface area contributed by atoms with Gasteiger partial charge in [0.1, 0.15) is 23.7 Å². The number of benzene rings is 2. The maximum Gasteiger partial charge on any atom is 0.342 e. The number of nitrogens with two attached hydrogens (primary N) is 1. The molecule has 110 valence electrons. The summed E-state index contributed by atoms with van der Waals surface area (Å²) in [6.07, 6.45) is 0.596. The second-order valence-corrected chi connectivity index (χ2v) is 4.68. The molecule has 2 aromatic rings. The molecule has 0 bridgehead atoms. The number of carbonyl (C=O) groups is 1. The van der Waals surface area contributed by atoms with Crippen LogP contribution in [0, 0.1) is 5.82 Å². The largest absolute Gasteiger partial charge is 0.491 e. The standard InChI is InChI=1S/C16H16FNO3/c17-13-7-4-8-14(15(13)16(19)20)21-10-12(18)9-11-5-2-1-3-6-11/h1-8,12H,9-10,18H2,(H,19,20). The van der Waals surface area contributed by atoms with Gasteiger partial charge in [0.15, 0.2) is 0 Å². The van der Waals surface area contributed by atoms with Crippen molar-refractivity contribution in [3.05, 3.63) is 65.5 Å². The van der Waals surface area contributed by atoms with Crippen LogP contribution in [0.3, 0.4) is 0 Å². The molecule has 0 spiro atoms. The van der Waals surface area contributed by atoms with E-state index in [1.165, 1.54) is 12.1 Å². The third-order valence-electron chi connectivity index (χ3n) is 2.98. The molecule has 5 heteroatoms. The summed E-state index contributed by atoms with van der Waals surface area (Å²) in [5.74, 6) is -2.19. The number of carboxylic acids is 1. The highest BCUT2D eigenvalue weighted by Crippen LogP contribution is 2.21. The molecule has 0 aliphatic carbocycles. The van der Waals surface area contributed by atoms with Gasteiger partial charge in [0.05, 0.1) is 0 Å². The fourth-order valence-electron chi connectivity index (χ4n) is 2.00. The maximum absolute atomic E-state index is 13.5. The Balaban J connectivity index is 2.00. The molecule has 2 rings (SSSR count). The van der Waals surface area contributed by atoms with E-state index >= 15 is 0 Å². The van der Waals surface area contributed by atoms with Gasteiger partial charge in [0, 0.05) is 6.04 Å². The van der Waals surface area contributed by atoms with E-state index in [0.717, 1.165) is 11.6 Å². The molecule has 1 unspecified atom stereocenters. The summed E-state index contributed by atoms with van der Waals surface area (Å²) in [6, 6.07) is 13.2. The van der Waals surface area contributed by atoms with E-state index in [0.29, 0.717) is 6.42 Å². The number of carboxylic acid groups (broad SMARTS) is 1. The molecule has 0 aliphatic heterocycles. The minimum atomic E-state index is -1.36. The summed E-state index contributed by atoms with van der Waals surface area (Å²) in [6.45, 7) is 0.110. The zero-order valence-electron chi connectivity index (χ0n) is 11.3. The van der Waals surface area contributed by atoms with Gasteiger partial charge < -0.3 is 15.6 Å². The SMILES string of the molecule is NC(COc1cccc(F)c1C(=O)O)Cc1ccccc1. The number of hydrogen-bond acceptors (Lipinski definition) is 3. The molecule has 1 atom stereocenters. The van der Waals surface area contributed by atoms with Crippen molar-refractivity contribution in [1.82, 2.24) is 0 Å². The normalized spacial score (nSPS) is 11.9. The lowest BCUT2D eigenvalue weighted by Gasteiger charge is -2.15. The van der Waals surface area contributed by atoms with Gasteiger partial charge in [-0.25, -0.2) is 9.18 Å². The first-order valence-electron chi connectivity index (χ1n) is 6.52. The predicted octanol–water partition coefficient (Wildman–Crippen LogP) is 2.47. The topological polar surface area (TPSA) is 72.5 Å². The van der Waals surface area contributed by atoms with Crippen molar-refractivity contribution in [3.8, 4) is 5.75 Å². The van der Waals surface area contributed by atoms with Gasteiger partial charge in [-0.1, -0.05) is 36.4 Å². The van der Waals surface area contributed by atoms with Gasteiger partial charge in [0.2, 0.25) is 0 Å². The number of aromatic carboxylic acids is 1. The zero-order valence-corrected chi connectivity index (χ0v) is 11.3. The lowest BCUT2D eigenvalue weighted by Crippen LogP contribution is -2.30. The third-order valence-corrected chi connectivity index (χ3v) is 2.98. The summed E-state index contributed by atoms with van der Waals surface area (Å²) in [4.78, 5) is 11.0. The summed E-state index contributed by atoms with van der Waals surface area (Å²) < 4.78 is 18.8. The smallest absolute Gasteiger partial charge is 0.342 e. The Labute approximate surface area is 122 Å². The molecule has 0 aromatic heterocycles. The van der Waals surface area contributed by atoms with E-state index in [9.17, 15) is 9.18 Å². The first-order chi connectivity index (χ1) is 10.1. The minimum absolute atomic E-state index is 0.00832. The Bertz CT molecular complexity index is 616. The molecule has 3 N–H and O–H groups in total. The monoisotopic (exact) mass is 289 g/mol. The fourth-order valence-corrected chi connectivity index (χ4v) is 2.00. The van der Waals surface area contributed by atoms with Crippen LogP contribution in [0.5, 0.6) is 5.75 Å². The summed E-state index contributed by atoms with van der Waals surface area (Å²) >= 11 is 0. The van der Waals surface area contributed by atoms with E-state index in [2.05, 4.69) is 0 Å². The summed E-state index contributed by atoms with van der Waals surface area (Å²) in [5.41, 5.74) is 6.54. The lowest BCUT2D eigenvalue weighted by atomic mass is 10.1. The van der Waals surface area contributed by atoms with Crippen LogP contribution in [0.25, 0.3) is 0 Å². The summed E-state index contributed by atoms with van der Waals surface area (Å²) in [5, 5.41) is 9.00. The fraction of sp³-hybridized carbons (Fsp3) is 0.188. The zero-order chi connectivity index (χ0) is 15.2. The second-order valence-electron chi connectivity index (χ2n) is 4.68. The van der Waals surface area contributed by atoms with Gasteiger partial charge >= 0.3 is 5.97 Å². The molecule has 0 radical (unpaired) electrons. The minimum Gasteiger partial charge on any atom is -0.491 e. The highest BCUT2D eigenvalue weighted by molar-refractivity contribution is 5.91. The van der Waals surface area contributed by atoms with E-state index < -0.39 is 17.3 Å². The number of ether oxygens (including phenoxy) is 1. The molecule has 0 saturated carbocycles. The lowest BCUT2D eigenvalue weighted by molar-refractivity contribution is 0.0686. The molecule has 0 fully saturated rings. The Morgan fingerprint density at radius 2 is 1.90 bits per heavy atom. The number of hydrogen-bond donors (Lipinski definition) is 2. The van der Waals surface area contributed by atoms with Crippen LogP contribution in [-0.2, 0) is 6.42 Å². The Kier molecular flexibility index (Phi) is 4.90. The van der Waals surface area contributed by atoms with Crippen molar-refractivity contribution < 1.29 is 19.0 Å². The van der Waals surface area contributed by atoms with Crippen molar-refractivity contribution in [3.63, 3.8) is 0 Å². The van der Waals surface area contributed by atoms with Crippen molar-refractivity contribution in [2.24, 2.45) is 5.73 Å². The predicted molar refractivity (Wildman–Crippen MR) is 77.0 cm³/mol. The first-order valence-corrected chi connectivity index (χ1v) is 6.52. The summed E-state index contributed by atoms with van der Waals surface area (Å²) in [7, 11) is 0. The highest BCUT2D eigenvalue weighted by Gasteiger charge is 2.17. The number of rotatable bonds is 6. The van der Waals surface area contributed by atoms with Crippen LogP contribution >= 0.6 is 0 Å². The van der Waals surface area contributed by atoms with Crippen LogP contribution in [0.15, 0.2) is 48.5 Å². The Hall–Kier alpha value is -2.40. The Morgan fingerprint density at radius 3 is 2.57 bits per heavy atom. The first kappa shape index (κ1) is 15.0. The van der Waals surface area contributed by atoms with E-state index in [4.69, 9.17) is 15.6 Å². The van der Waals surface area contributed by atoms with Crippen molar-refractivity contribution in [2.75, 3.05) is 6.61 Å². The van der Waals surface area contributed by atoms with Gasteiger partial charge in [-0.2, -0.15) is 0 Å². The molecule has 0 saturated heterocycles. The molecular formula is C16H16FNO3. The van der Waals surface area contributed by atoms with Crippen LogP contribution < -0.4 is 10.5 Å². The molecular weight excluding hydrogens is 273 g/mol. The van der Waals surface area contributed by atoms with Crippen molar-refractivity contribution >= 4 is 5.97 Å². The molecule has 0 amide bonds. The van der Waals surface area contributed by atoms with Gasteiger partial charge in [-0.05, 0) is 24.1 Å². The quantitative estimate of drug-likeness (QED) is 0.857. The van der Waals surface area contributed by atoms with Gasteiger partial charge in [0.25, 0.3) is 0 Å². The molecule has 4 nitrogen and oxygen atoms in total. The van der Waals surface area contributed by atoms with E-state index in [1.807, 2.05) is 30.3 Å². The third kappa shape index (κ3) is 4.03. The Morgan fingerprint density at radius 1 is 1.19 bits per heavy atom. The molecule has 2 aromatic carbocycles. The maximum atomic E-state index is 13.5. The van der Waals surface area contributed by atoms with Crippen LogP contribution in [-0.4, -0.2) is 23.7 Å². The molecule has 0 aliphatic rings. The molecule has 21 heavy (non-hydrogen) atoms. The van der Waals surface area contributed by atoms with E-state index in [-0.39, 0.29) is 18.4 Å². The van der Waals surface area contributed by atoms with Crippen LogP contribution in [0.4, 0.5) is 4.39 Å². The van der Waals surface area contributed by atoms with Gasteiger partial charge in [-0.3, -0.25) is 0 Å². The van der Waals surface area contributed by atoms with Gasteiger partial charge in [-0.15, -0.1) is 0 Å². The number of halogens is 1. The van der Waals surface area contributed by atoms with Crippen LogP contribution in [0.2, 0.25) is 0 Å². The average Bonchev–Trinajstić information content (AvgIpc) is 2.45. The van der Waals surface area contributed by atoms with Crippen LogP contribution in [0.1, 0.15) is 15.9 Å². The van der Waals surface area contributed by atoms with E-state index in [1.54, 1.807) is 0 Å².